The molecule has 1 aliphatic heterocycles. The predicted molar refractivity (Wildman–Crippen MR) is 90.2 cm³/mol. The standard InChI is InChI=1S/C18H33FN2/c1-6-18(19)7-9-21(10-8-18)16(5)12-17(13-20)11-15(4)14(2)3/h11,16H,6-10,12-13,20H2,1-5H3. The smallest absolute Gasteiger partial charge is 0.113 e. The van der Waals surface area contributed by atoms with Crippen LogP contribution in [0, 0.1) is 0 Å². The van der Waals surface area contributed by atoms with Gasteiger partial charge in [-0.3, -0.25) is 0 Å². The van der Waals surface area contributed by atoms with Crippen LogP contribution < -0.4 is 5.73 Å². The molecular formula is C18H33FN2. The third-order valence-corrected chi connectivity index (χ3v) is 4.98. The molecular weight excluding hydrogens is 263 g/mol. The second-order valence-corrected chi connectivity index (χ2v) is 6.78. The van der Waals surface area contributed by atoms with Crippen molar-refractivity contribution in [2.75, 3.05) is 19.6 Å². The molecule has 1 saturated heterocycles. The van der Waals surface area contributed by atoms with Crippen LogP contribution in [-0.4, -0.2) is 36.2 Å². The summed E-state index contributed by atoms with van der Waals surface area (Å²) in [6, 6.07) is 0.436. The number of allylic oxidation sites excluding steroid dienone is 3. The molecule has 0 aliphatic carbocycles. The summed E-state index contributed by atoms with van der Waals surface area (Å²) in [6.45, 7) is 12.9. The maximum atomic E-state index is 14.3. The van der Waals surface area contributed by atoms with E-state index in [1.165, 1.54) is 16.7 Å². The van der Waals surface area contributed by atoms with Crippen LogP contribution in [0.2, 0.25) is 0 Å². The molecule has 1 rings (SSSR count). The van der Waals surface area contributed by atoms with Crippen molar-refractivity contribution in [3.05, 3.63) is 22.8 Å². The number of halogens is 1. The summed E-state index contributed by atoms with van der Waals surface area (Å²) in [5.41, 5.74) is 8.88. The van der Waals surface area contributed by atoms with Crippen LogP contribution in [0.4, 0.5) is 4.39 Å². The second-order valence-electron chi connectivity index (χ2n) is 6.78. The quantitative estimate of drug-likeness (QED) is 0.744. The Morgan fingerprint density at radius 3 is 2.29 bits per heavy atom. The zero-order valence-electron chi connectivity index (χ0n) is 14.5. The van der Waals surface area contributed by atoms with Crippen LogP contribution in [0.1, 0.15) is 60.3 Å². The average molecular weight is 296 g/mol. The number of alkyl halides is 1. The minimum absolute atomic E-state index is 0.436. The minimum Gasteiger partial charge on any atom is -0.327 e. The van der Waals surface area contributed by atoms with Crippen LogP contribution in [0.3, 0.4) is 0 Å². The number of likely N-dealkylation sites (tertiary alicyclic amines) is 1. The number of hydrogen-bond acceptors (Lipinski definition) is 2. The van der Waals surface area contributed by atoms with E-state index in [-0.39, 0.29) is 0 Å². The van der Waals surface area contributed by atoms with Crippen LogP contribution >= 0.6 is 0 Å². The Labute approximate surface area is 130 Å². The lowest BCUT2D eigenvalue weighted by atomic mass is 9.89. The monoisotopic (exact) mass is 296 g/mol. The molecule has 2 nitrogen and oxygen atoms in total. The number of rotatable bonds is 6. The van der Waals surface area contributed by atoms with E-state index in [1.54, 1.807) is 0 Å². The lowest BCUT2D eigenvalue weighted by molar-refractivity contribution is 0.0389. The lowest BCUT2D eigenvalue weighted by Crippen LogP contribution is -2.45. The molecule has 0 aromatic rings. The van der Waals surface area contributed by atoms with E-state index in [0.717, 1.165) is 19.5 Å². The van der Waals surface area contributed by atoms with Gasteiger partial charge in [0.1, 0.15) is 5.67 Å². The first kappa shape index (κ1) is 18.4. The average Bonchev–Trinajstić information content (AvgIpc) is 2.46. The fourth-order valence-electron chi connectivity index (χ4n) is 2.88. The fraction of sp³-hybridized carbons (Fsp3) is 0.778. The summed E-state index contributed by atoms with van der Waals surface area (Å²) >= 11 is 0. The van der Waals surface area contributed by atoms with Gasteiger partial charge < -0.3 is 10.6 Å². The highest BCUT2D eigenvalue weighted by atomic mass is 19.1. The van der Waals surface area contributed by atoms with Gasteiger partial charge in [-0.05, 0) is 53.4 Å². The maximum Gasteiger partial charge on any atom is 0.113 e. The molecule has 0 amide bonds. The summed E-state index contributed by atoms with van der Waals surface area (Å²) in [5.74, 6) is 0. The van der Waals surface area contributed by atoms with Gasteiger partial charge in [0.25, 0.3) is 0 Å². The van der Waals surface area contributed by atoms with Gasteiger partial charge in [0.05, 0.1) is 0 Å². The van der Waals surface area contributed by atoms with Crippen LogP contribution in [0.5, 0.6) is 0 Å². The van der Waals surface area contributed by atoms with E-state index >= 15 is 0 Å². The molecule has 1 fully saturated rings. The number of hydrogen-bond donors (Lipinski definition) is 1. The van der Waals surface area contributed by atoms with E-state index < -0.39 is 5.67 Å². The summed E-state index contributed by atoms with van der Waals surface area (Å²) in [7, 11) is 0. The maximum absolute atomic E-state index is 14.3. The van der Waals surface area contributed by atoms with Crippen LogP contribution in [-0.2, 0) is 0 Å². The third kappa shape index (κ3) is 5.55. The molecule has 2 N–H and O–H groups in total. The first-order valence-electron chi connectivity index (χ1n) is 8.28. The van der Waals surface area contributed by atoms with Crippen molar-refractivity contribution in [3.63, 3.8) is 0 Å². The highest BCUT2D eigenvalue weighted by molar-refractivity contribution is 5.26. The normalized spacial score (nSPS) is 21.2. The number of nitrogens with zero attached hydrogens (tertiary/aromatic N) is 1. The van der Waals surface area contributed by atoms with E-state index in [4.69, 9.17) is 5.73 Å². The number of nitrogens with two attached hydrogens (primary N) is 1. The molecule has 0 saturated carbocycles. The Hall–Kier alpha value is -0.670. The van der Waals surface area contributed by atoms with Crippen molar-refractivity contribution in [2.45, 2.75) is 72.0 Å². The van der Waals surface area contributed by atoms with Gasteiger partial charge in [0.2, 0.25) is 0 Å². The van der Waals surface area contributed by atoms with Crippen molar-refractivity contribution in [3.8, 4) is 0 Å². The molecule has 1 heterocycles. The molecule has 0 aromatic heterocycles. The molecule has 0 aromatic carbocycles. The largest absolute Gasteiger partial charge is 0.327 e. The first-order chi connectivity index (χ1) is 9.81. The van der Waals surface area contributed by atoms with Crippen molar-refractivity contribution in [1.29, 1.82) is 0 Å². The fourth-order valence-corrected chi connectivity index (χ4v) is 2.88. The zero-order chi connectivity index (χ0) is 16.0. The summed E-state index contributed by atoms with van der Waals surface area (Å²) in [6.07, 6.45) is 5.18. The molecule has 0 spiro atoms. The topological polar surface area (TPSA) is 29.3 Å². The Bertz CT molecular complexity index is 386. The lowest BCUT2D eigenvalue weighted by Gasteiger charge is -2.39. The van der Waals surface area contributed by atoms with Crippen molar-refractivity contribution >= 4 is 0 Å². The van der Waals surface area contributed by atoms with Gasteiger partial charge in [-0.2, -0.15) is 0 Å². The zero-order valence-corrected chi connectivity index (χ0v) is 14.5. The van der Waals surface area contributed by atoms with E-state index in [1.807, 2.05) is 6.92 Å². The Kier molecular flexibility index (Phi) is 7.08. The van der Waals surface area contributed by atoms with E-state index in [9.17, 15) is 4.39 Å². The molecule has 1 unspecified atom stereocenters. The summed E-state index contributed by atoms with van der Waals surface area (Å²) in [5, 5.41) is 0. The van der Waals surface area contributed by atoms with Crippen LogP contribution in [0.25, 0.3) is 0 Å². The van der Waals surface area contributed by atoms with Crippen LogP contribution in [0.15, 0.2) is 22.8 Å². The van der Waals surface area contributed by atoms with Gasteiger partial charge in [-0.15, -0.1) is 0 Å². The van der Waals surface area contributed by atoms with Gasteiger partial charge in [0.15, 0.2) is 0 Å². The molecule has 21 heavy (non-hydrogen) atoms. The molecule has 1 atom stereocenters. The summed E-state index contributed by atoms with van der Waals surface area (Å²) in [4.78, 5) is 2.41. The highest BCUT2D eigenvalue weighted by Crippen LogP contribution is 2.31. The summed E-state index contributed by atoms with van der Waals surface area (Å²) < 4.78 is 14.3. The van der Waals surface area contributed by atoms with Gasteiger partial charge in [-0.1, -0.05) is 29.7 Å². The van der Waals surface area contributed by atoms with Crippen molar-refractivity contribution in [1.82, 2.24) is 4.90 Å². The van der Waals surface area contributed by atoms with Gasteiger partial charge in [0, 0.05) is 25.7 Å². The predicted octanol–water partition coefficient (Wildman–Crippen LogP) is 4.22. The second kappa shape index (κ2) is 8.09. The third-order valence-electron chi connectivity index (χ3n) is 4.98. The van der Waals surface area contributed by atoms with Gasteiger partial charge in [-0.25, -0.2) is 4.39 Å². The Morgan fingerprint density at radius 1 is 1.29 bits per heavy atom. The number of piperidine rings is 1. The van der Waals surface area contributed by atoms with E-state index in [0.29, 0.717) is 31.8 Å². The first-order valence-corrected chi connectivity index (χ1v) is 8.28. The van der Waals surface area contributed by atoms with Crippen molar-refractivity contribution in [2.24, 2.45) is 5.73 Å². The van der Waals surface area contributed by atoms with E-state index in [2.05, 4.69) is 38.7 Å². The molecule has 3 heteroatoms. The minimum atomic E-state index is -0.929. The SMILES string of the molecule is CCC1(F)CCN(C(C)CC(=CC(C)=C(C)C)CN)CC1. The van der Waals surface area contributed by atoms with Crippen molar-refractivity contribution < 1.29 is 4.39 Å². The highest BCUT2D eigenvalue weighted by Gasteiger charge is 2.33. The van der Waals surface area contributed by atoms with Gasteiger partial charge >= 0.3 is 0 Å². The Balaban J connectivity index is 2.60. The molecule has 1 aliphatic rings. The molecule has 122 valence electrons. The Morgan fingerprint density at radius 2 is 1.86 bits per heavy atom. The molecule has 0 bridgehead atoms. The molecule has 0 radical (unpaired) electrons.